The summed E-state index contributed by atoms with van der Waals surface area (Å²) in [6, 6.07) is 13.7. The van der Waals surface area contributed by atoms with Gasteiger partial charge in [0.25, 0.3) is 0 Å². The molecule has 0 atom stereocenters. The largest absolute Gasteiger partial charge is 0.424 e. The van der Waals surface area contributed by atoms with Gasteiger partial charge < -0.3 is 10.1 Å². The van der Waals surface area contributed by atoms with Crippen LogP contribution < -0.4 is 10.1 Å². The molecule has 9 nitrogen and oxygen atoms in total. The Bertz CT molecular complexity index is 1150. The number of nitrogens with zero attached hydrogens (tertiary/aromatic N) is 5. The van der Waals surface area contributed by atoms with Crippen LogP contribution in [0.4, 0.5) is 17.2 Å². The maximum Gasteiger partial charge on any atom is 0.330 e. The summed E-state index contributed by atoms with van der Waals surface area (Å²) in [5, 5.41) is 32.1. The van der Waals surface area contributed by atoms with E-state index in [1.54, 1.807) is 50.2 Å². The van der Waals surface area contributed by atoms with Crippen LogP contribution in [0.25, 0.3) is 0 Å². The first-order valence-electron chi connectivity index (χ1n) is 8.39. The molecule has 9 heteroatoms. The molecule has 0 aliphatic heterocycles. The molecule has 1 N–H and O–H groups in total. The molecule has 0 fully saturated rings. The average Bonchev–Trinajstić information content (AvgIpc) is 2.71. The van der Waals surface area contributed by atoms with Crippen molar-refractivity contribution >= 4 is 17.2 Å². The Balaban J connectivity index is 1.96. The van der Waals surface area contributed by atoms with Crippen LogP contribution in [0.3, 0.4) is 0 Å². The monoisotopic (exact) mass is 386 g/mol. The zero-order valence-electron chi connectivity index (χ0n) is 15.5. The standard InChI is InChI=1S/C20H14N6O3/c1-12-7-15(10-22)8-13(2)18(12)29-20-23-11-17(26(27)28)19(25-20)24-16-5-3-14(9-21)4-6-16/h3-8,11H,1-2H3,(H,23,24,25). The summed E-state index contributed by atoms with van der Waals surface area (Å²) in [5.74, 6) is 0.427. The SMILES string of the molecule is Cc1cc(C#N)cc(C)c1Oc1ncc([N+](=O)[O-])c(Nc2ccc(C#N)cc2)n1. The van der Waals surface area contributed by atoms with E-state index in [2.05, 4.69) is 21.4 Å². The van der Waals surface area contributed by atoms with Crippen molar-refractivity contribution in [3.05, 3.63) is 75.0 Å². The van der Waals surface area contributed by atoms with Gasteiger partial charge in [0.1, 0.15) is 11.9 Å². The zero-order chi connectivity index (χ0) is 21.0. The molecule has 0 bridgehead atoms. The van der Waals surface area contributed by atoms with Gasteiger partial charge >= 0.3 is 11.7 Å². The van der Waals surface area contributed by atoms with E-state index in [0.717, 1.165) is 6.20 Å². The number of hydrogen-bond acceptors (Lipinski definition) is 8. The second-order valence-electron chi connectivity index (χ2n) is 6.11. The molecule has 29 heavy (non-hydrogen) atoms. The highest BCUT2D eigenvalue weighted by atomic mass is 16.6. The Kier molecular flexibility index (Phi) is 5.33. The van der Waals surface area contributed by atoms with Crippen molar-refractivity contribution in [2.75, 3.05) is 5.32 Å². The maximum atomic E-state index is 11.3. The van der Waals surface area contributed by atoms with E-state index in [9.17, 15) is 10.1 Å². The lowest BCUT2D eigenvalue weighted by Gasteiger charge is -2.12. The summed E-state index contributed by atoms with van der Waals surface area (Å²) in [5.41, 5.74) is 2.58. The third-order valence-corrected chi connectivity index (χ3v) is 4.00. The minimum Gasteiger partial charge on any atom is -0.424 e. The first kappa shape index (κ1) is 19.3. The third-order valence-electron chi connectivity index (χ3n) is 4.00. The van der Waals surface area contributed by atoms with E-state index in [1.165, 1.54) is 0 Å². The lowest BCUT2D eigenvalue weighted by atomic mass is 10.1. The summed E-state index contributed by atoms with van der Waals surface area (Å²) in [4.78, 5) is 18.8. The highest BCUT2D eigenvalue weighted by Gasteiger charge is 2.19. The zero-order valence-corrected chi connectivity index (χ0v) is 15.5. The second kappa shape index (κ2) is 8.03. The lowest BCUT2D eigenvalue weighted by molar-refractivity contribution is -0.384. The number of aryl methyl sites for hydroxylation is 2. The average molecular weight is 386 g/mol. The van der Waals surface area contributed by atoms with Gasteiger partial charge in [-0.25, -0.2) is 0 Å². The summed E-state index contributed by atoms with van der Waals surface area (Å²) in [7, 11) is 0. The van der Waals surface area contributed by atoms with E-state index in [0.29, 0.717) is 33.7 Å². The van der Waals surface area contributed by atoms with Gasteiger partial charge in [-0.05, 0) is 61.4 Å². The number of hydrogen-bond donors (Lipinski definition) is 1. The molecule has 0 aliphatic rings. The lowest BCUT2D eigenvalue weighted by Crippen LogP contribution is -2.03. The van der Waals surface area contributed by atoms with E-state index in [4.69, 9.17) is 15.3 Å². The number of nitro groups is 1. The number of nitrogens with one attached hydrogen (secondary N) is 1. The minimum atomic E-state index is -0.603. The van der Waals surface area contributed by atoms with Crippen LogP contribution in [-0.4, -0.2) is 14.9 Å². The van der Waals surface area contributed by atoms with Crippen molar-refractivity contribution in [1.29, 1.82) is 10.5 Å². The molecule has 0 radical (unpaired) electrons. The Morgan fingerprint density at radius 1 is 1.07 bits per heavy atom. The molecule has 0 aliphatic carbocycles. The normalized spacial score (nSPS) is 9.93. The Morgan fingerprint density at radius 3 is 2.24 bits per heavy atom. The first-order valence-corrected chi connectivity index (χ1v) is 8.39. The smallest absolute Gasteiger partial charge is 0.330 e. The number of aromatic nitrogens is 2. The fourth-order valence-corrected chi connectivity index (χ4v) is 2.67. The molecular weight excluding hydrogens is 372 g/mol. The Hall–Kier alpha value is -4.50. The van der Waals surface area contributed by atoms with Gasteiger partial charge in [-0.1, -0.05) is 0 Å². The fourth-order valence-electron chi connectivity index (χ4n) is 2.67. The summed E-state index contributed by atoms with van der Waals surface area (Å²) in [6.45, 7) is 3.56. The summed E-state index contributed by atoms with van der Waals surface area (Å²) < 4.78 is 5.75. The minimum absolute atomic E-state index is 0.0475. The van der Waals surface area contributed by atoms with Gasteiger partial charge in [0.2, 0.25) is 5.82 Å². The summed E-state index contributed by atoms with van der Waals surface area (Å²) in [6.07, 6.45) is 1.06. The van der Waals surface area contributed by atoms with Crippen molar-refractivity contribution < 1.29 is 9.66 Å². The van der Waals surface area contributed by atoms with E-state index in [-0.39, 0.29) is 17.5 Å². The highest BCUT2D eigenvalue weighted by Crippen LogP contribution is 2.31. The maximum absolute atomic E-state index is 11.3. The van der Waals surface area contributed by atoms with Gasteiger partial charge in [0.05, 0.1) is 28.2 Å². The molecule has 0 saturated carbocycles. The molecule has 1 aromatic heterocycles. The van der Waals surface area contributed by atoms with Crippen LogP contribution in [0.1, 0.15) is 22.3 Å². The van der Waals surface area contributed by atoms with Gasteiger partial charge in [0, 0.05) is 5.69 Å². The molecule has 1 heterocycles. The highest BCUT2D eigenvalue weighted by molar-refractivity contribution is 5.65. The van der Waals surface area contributed by atoms with Crippen molar-refractivity contribution in [3.63, 3.8) is 0 Å². The predicted molar refractivity (Wildman–Crippen MR) is 104 cm³/mol. The third kappa shape index (κ3) is 4.26. The van der Waals surface area contributed by atoms with Crippen molar-refractivity contribution in [3.8, 4) is 23.9 Å². The molecule has 0 spiro atoms. The quantitative estimate of drug-likeness (QED) is 0.506. The second-order valence-corrected chi connectivity index (χ2v) is 6.11. The van der Waals surface area contributed by atoms with Gasteiger partial charge in [-0.3, -0.25) is 10.1 Å². The molecule has 0 saturated heterocycles. The number of anilines is 2. The van der Waals surface area contributed by atoms with Crippen molar-refractivity contribution in [1.82, 2.24) is 9.97 Å². The van der Waals surface area contributed by atoms with Crippen molar-refractivity contribution in [2.24, 2.45) is 0 Å². The van der Waals surface area contributed by atoms with Crippen LogP contribution >= 0.6 is 0 Å². The fraction of sp³-hybridized carbons (Fsp3) is 0.100. The molecule has 142 valence electrons. The van der Waals surface area contributed by atoms with Gasteiger partial charge in [-0.2, -0.15) is 20.5 Å². The van der Waals surface area contributed by atoms with Crippen LogP contribution in [0, 0.1) is 46.6 Å². The molecule has 0 amide bonds. The van der Waals surface area contributed by atoms with Gasteiger partial charge in [-0.15, -0.1) is 0 Å². The Labute approximate surface area is 166 Å². The number of rotatable bonds is 5. The number of benzene rings is 2. The van der Waals surface area contributed by atoms with Crippen LogP contribution in [0.2, 0.25) is 0 Å². The number of nitriles is 2. The van der Waals surface area contributed by atoms with Crippen LogP contribution in [0.15, 0.2) is 42.6 Å². The van der Waals surface area contributed by atoms with E-state index >= 15 is 0 Å². The van der Waals surface area contributed by atoms with E-state index in [1.807, 2.05) is 6.07 Å². The van der Waals surface area contributed by atoms with E-state index < -0.39 is 4.92 Å². The predicted octanol–water partition coefficient (Wildman–Crippen LogP) is 4.28. The topological polar surface area (TPSA) is 138 Å². The van der Waals surface area contributed by atoms with Gasteiger partial charge in [0.15, 0.2) is 0 Å². The molecule has 3 aromatic rings. The molecule has 2 aromatic carbocycles. The van der Waals surface area contributed by atoms with Crippen LogP contribution in [-0.2, 0) is 0 Å². The Morgan fingerprint density at radius 2 is 1.69 bits per heavy atom. The first-order chi connectivity index (χ1) is 13.9. The number of ether oxygens (including phenoxy) is 1. The van der Waals surface area contributed by atoms with Crippen molar-refractivity contribution in [2.45, 2.75) is 13.8 Å². The molecule has 0 unspecified atom stereocenters. The summed E-state index contributed by atoms with van der Waals surface area (Å²) >= 11 is 0. The molecular formula is C20H14N6O3. The molecule has 3 rings (SSSR count). The van der Waals surface area contributed by atoms with Crippen LogP contribution in [0.5, 0.6) is 11.8 Å².